The third kappa shape index (κ3) is 4.67. The Morgan fingerprint density at radius 1 is 1.17 bits per heavy atom. The van der Waals surface area contributed by atoms with Gasteiger partial charge in [-0.15, -0.1) is 0 Å². The molecule has 3 unspecified atom stereocenters. The lowest BCUT2D eigenvalue weighted by atomic mass is 10.0. The van der Waals surface area contributed by atoms with Crippen LogP contribution in [0.3, 0.4) is 0 Å². The molecule has 2 amide bonds. The lowest BCUT2D eigenvalue weighted by Crippen LogP contribution is -2.55. The average molecular weight is 341 g/mol. The van der Waals surface area contributed by atoms with Gasteiger partial charge in [0.15, 0.2) is 12.2 Å². The van der Waals surface area contributed by atoms with E-state index in [-0.39, 0.29) is 11.8 Å². The lowest BCUT2D eigenvalue weighted by molar-refractivity contribution is -0.138. The highest BCUT2D eigenvalue weighted by molar-refractivity contribution is 5.95. The van der Waals surface area contributed by atoms with Crippen LogP contribution >= 0.6 is 0 Å². The number of nitrogens with zero attached hydrogens (tertiary/aromatic N) is 2. The SMILES string of the molecule is CCN1CCN(C(=O)C(CC(C)C)NC(=O)C2OC2C(=O)O)CC1. The summed E-state index contributed by atoms with van der Waals surface area (Å²) in [6, 6.07) is -0.635. The van der Waals surface area contributed by atoms with Crippen molar-refractivity contribution in [1.82, 2.24) is 15.1 Å². The molecule has 24 heavy (non-hydrogen) atoms. The van der Waals surface area contributed by atoms with Crippen molar-refractivity contribution < 1.29 is 24.2 Å². The molecule has 0 saturated carbocycles. The summed E-state index contributed by atoms with van der Waals surface area (Å²) in [5, 5.41) is 11.5. The second-order valence-corrected chi connectivity index (χ2v) is 6.77. The summed E-state index contributed by atoms with van der Waals surface area (Å²) in [7, 11) is 0. The van der Waals surface area contributed by atoms with Crippen LogP contribution in [0.1, 0.15) is 27.2 Å². The Morgan fingerprint density at radius 2 is 1.79 bits per heavy atom. The molecule has 0 bridgehead atoms. The molecule has 2 fully saturated rings. The molecule has 0 aromatic heterocycles. The Hall–Kier alpha value is -1.67. The van der Waals surface area contributed by atoms with Gasteiger partial charge in [0.25, 0.3) is 5.91 Å². The first-order chi connectivity index (χ1) is 11.3. The van der Waals surface area contributed by atoms with Gasteiger partial charge < -0.3 is 25.0 Å². The zero-order valence-corrected chi connectivity index (χ0v) is 14.5. The quantitative estimate of drug-likeness (QED) is 0.607. The number of amides is 2. The topological polar surface area (TPSA) is 102 Å². The van der Waals surface area contributed by atoms with Crippen molar-refractivity contribution in [2.24, 2.45) is 5.92 Å². The maximum Gasteiger partial charge on any atom is 0.336 e. The average Bonchev–Trinajstić information content (AvgIpc) is 3.34. The van der Waals surface area contributed by atoms with Crippen molar-refractivity contribution in [3.8, 4) is 0 Å². The molecule has 2 aliphatic rings. The molecule has 8 heteroatoms. The maximum absolute atomic E-state index is 12.8. The van der Waals surface area contributed by atoms with E-state index in [9.17, 15) is 14.4 Å². The Balaban J connectivity index is 1.94. The summed E-state index contributed by atoms with van der Waals surface area (Å²) in [4.78, 5) is 39.7. The summed E-state index contributed by atoms with van der Waals surface area (Å²) in [5.41, 5.74) is 0. The number of nitrogens with one attached hydrogen (secondary N) is 1. The summed E-state index contributed by atoms with van der Waals surface area (Å²) in [5.74, 6) is -1.54. The number of hydrogen-bond donors (Lipinski definition) is 2. The van der Waals surface area contributed by atoms with Crippen molar-refractivity contribution >= 4 is 17.8 Å². The van der Waals surface area contributed by atoms with Gasteiger partial charge in [0.1, 0.15) is 6.04 Å². The number of carbonyl (C=O) groups excluding carboxylic acids is 2. The minimum atomic E-state index is -1.16. The van der Waals surface area contributed by atoms with Gasteiger partial charge in [-0.2, -0.15) is 0 Å². The highest BCUT2D eigenvalue weighted by Crippen LogP contribution is 2.23. The molecule has 0 spiro atoms. The van der Waals surface area contributed by atoms with E-state index in [4.69, 9.17) is 9.84 Å². The molecule has 2 aliphatic heterocycles. The minimum Gasteiger partial charge on any atom is -0.479 e. The van der Waals surface area contributed by atoms with Crippen LogP contribution in [0, 0.1) is 5.92 Å². The fraction of sp³-hybridized carbons (Fsp3) is 0.812. The number of carbonyl (C=O) groups is 3. The number of ether oxygens (including phenoxy) is 1. The number of carboxylic acid groups (broad SMARTS) is 1. The summed E-state index contributed by atoms with van der Waals surface area (Å²) in [6.07, 6.45) is -1.56. The van der Waals surface area contributed by atoms with E-state index in [1.165, 1.54) is 0 Å². The number of hydrogen-bond acceptors (Lipinski definition) is 5. The van der Waals surface area contributed by atoms with Gasteiger partial charge in [-0.25, -0.2) is 4.79 Å². The van der Waals surface area contributed by atoms with Gasteiger partial charge in [-0.1, -0.05) is 20.8 Å². The maximum atomic E-state index is 12.8. The second kappa shape index (κ2) is 7.94. The molecular weight excluding hydrogens is 314 g/mol. The predicted octanol–water partition coefficient (Wildman–Crippen LogP) is -0.467. The molecule has 2 heterocycles. The number of epoxide rings is 1. The summed E-state index contributed by atoms with van der Waals surface area (Å²) < 4.78 is 4.86. The standard InChI is InChI=1S/C16H27N3O5/c1-4-18-5-7-19(8-6-18)15(21)11(9-10(2)3)17-14(20)12-13(24-12)16(22)23/h10-13H,4-9H2,1-3H3,(H,17,20)(H,22,23). The molecule has 2 rings (SSSR count). The van der Waals surface area contributed by atoms with Crippen molar-refractivity contribution in [2.45, 2.75) is 45.4 Å². The number of aliphatic carboxylic acids is 1. The van der Waals surface area contributed by atoms with Crippen LogP contribution in [0.15, 0.2) is 0 Å². The van der Waals surface area contributed by atoms with Crippen LogP contribution in [0.2, 0.25) is 0 Å². The van der Waals surface area contributed by atoms with Crippen LogP contribution in [-0.4, -0.2) is 83.7 Å². The van der Waals surface area contributed by atoms with Crippen molar-refractivity contribution in [3.63, 3.8) is 0 Å². The Kier molecular flexibility index (Phi) is 6.17. The van der Waals surface area contributed by atoms with E-state index in [1.807, 2.05) is 13.8 Å². The molecule has 0 aromatic carbocycles. The number of piperazine rings is 1. The second-order valence-electron chi connectivity index (χ2n) is 6.77. The first-order valence-corrected chi connectivity index (χ1v) is 8.53. The molecular formula is C16H27N3O5. The van der Waals surface area contributed by atoms with Crippen LogP contribution in [0.4, 0.5) is 0 Å². The fourth-order valence-electron chi connectivity index (χ4n) is 2.95. The van der Waals surface area contributed by atoms with E-state index in [2.05, 4.69) is 17.1 Å². The van der Waals surface area contributed by atoms with Gasteiger partial charge in [0.05, 0.1) is 0 Å². The van der Waals surface area contributed by atoms with Crippen molar-refractivity contribution in [2.75, 3.05) is 32.7 Å². The van der Waals surface area contributed by atoms with Gasteiger partial charge in [-0.3, -0.25) is 9.59 Å². The van der Waals surface area contributed by atoms with Crippen LogP contribution in [0.25, 0.3) is 0 Å². The van der Waals surface area contributed by atoms with E-state index in [0.29, 0.717) is 19.5 Å². The third-order valence-electron chi connectivity index (χ3n) is 4.45. The minimum absolute atomic E-state index is 0.0969. The zero-order chi connectivity index (χ0) is 17.9. The molecule has 2 saturated heterocycles. The Morgan fingerprint density at radius 3 is 2.25 bits per heavy atom. The molecule has 3 atom stereocenters. The van der Waals surface area contributed by atoms with Gasteiger partial charge >= 0.3 is 5.97 Å². The van der Waals surface area contributed by atoms with Gasteiger partial charge in [0, 0.05) is 26.2 Å². The van der Waals surface area contributed by atoms with Crippen LogP contribution < -0.4 is 5.32 Å². The van der Waals surface area contributed by atoms with Crippen molar-refractivity contribution in [1.29, 1.82) is 0 Å². The number of likely N-dealkylation sites (N-methyl/N-ethyl adjacent to an activating group) is 1. The number of carboxylic acids is 1. The fourth-order valence-corrected chi connectivity index (χ4v) is 2.95. The van der Waals surface area contributed by atoms with E-state index in [1.54, 1.807) is 4.90 Å². The molecule has 2 N–H and O–H groups in total. The van der Waals surface area contributed by atoms with Crippen LogP contribution in [0.5, 0.6) is 0 Å². The van der Waals surface area contributed by atoms with E-state index >= 15 is 0 Å². The van der Waals surface area contributed by atoms with Crippen LogP contribution in [-0.2, 0) is 19.1 Å². The Bertz CT molecular complexity index is 488. The van der Waals surface area contributed by atoms with E-state index < -0.39 is 30.1 Å². The number of rotatable bonds is 7. The van der Waals surface area contributed by atoms with Crippen molar-refractivity contribution in [3.05, 3.63) is 0 Å². The smallest absolute Gasteiger partial charge is 0.336 e. The van der Waals surface area contributed by atoms with Gasteiger partial charge in [0.2, 0.25) is 5.91 Å². The molecule has 0 radical (unpaired) electrons. The first-order valence-electron chi connectivity index (χ1n) is 8.53. The molecule has 0 aromatic rings. The lowest BCUT2D eigenvalue weighted by Gasteiger charge is -2.36. The summed E-state index contributed by atoms with van der Waals surface area (Å²) >= 11 is 0. The molecule has 0 aliphatic carbocycles. The zero-order valence-electron chi connectivity index (χ0n) is 14.5. The normalized spacial score (nSPS) is 25.4. The summed E-state index contributed by atoms with van der Waals surface area (Å²) in [6.45, 7) is 9.97. The highest BCUT2D eigenvalue weighted by atomic mass is 16.6. The largest absolute Gasteiger partial charge is 0.479 e. The molecule has 8 nitrogen and oxygen atoms in total. The third-order valence-corrected chi connectivity index (χ3v) is 4.45. The van der Waals surface area contributed by atoms with Gasteiger partial charge in [-0.05, 0) is 18.9 Å². The first kappa shape index (κ1) is 18.7. The van der Waals surface area contributed by atoms with E-state index in [0.717, 1.165) is 19.6 Å². The monoisotopic (exact) mass is 341 g/mol. The molecule has 136 valence electrons. The highest BCUT2D eigenvalue weighted by Gasteiger charge is 2.51. The Labute approximate surface area is 142 Å². The predicted molar refractivity (Wildman–Crippen MR) is 86.4 cm³/mol.